The Bertz CT molecular complexity index is 337. The molecular weight excluding hydrogens is 198 g/mol. The molecule has 16 heavy (non-hydrogen) atoms. The van der Waals surface area contributed by atoms with Gasteiger partial charge in [0.05, 0.1) is 7.11 Å². The van der Waals surface area contributed by atoms with Crippen LogP contribution >= 0.6 is 0 Å². The maximum absolute atomic E-state index is 5.47. The normalized spacial score (nSPS) is 25.4. The zero-order chi connectivity index (χ0) is 11.4. The lowest BCUT2D eigenvalue weighted by molar-refractivity contribution is 0.307. The maximum Gasteiger partial charge on any atom is 0.122 e. The number of hydrogen-bond acceptors (Lipinski definition) is 2. The van der Waals surface area contributed by atoms with E-state index in [1.165, 1.54) is 18.4 Å². The van der Waals surface area contributed by atoms with Crippen LogP contribution in [0.15, 0.2) is 24.3 Å². The summed E-state index contributed by atoms with van der Waals surface area (Å²) in [4.78, 5) is 0. The molecule has 1 fully saturated rings. The predicted octanol–water partition coefficient (Wildman–Crippen LogP) is 2.80. The summed E-state index contributed by atoms with van der Waals surface area (Å²) in [5.74, 6) is 2.44. The minimum atomic E-state index is 0.655. The van der Waals surface area contributed by atoms with Crippen LogP contribution in [0.5, 0.6) is 5.75 Å². The van der Waals surface area contributed by atoms with Gasteiger partial charge in [-0.3, -0.25) is 0 Å². The summed E-state index contributed by atoms with van der Waals surface area (Å²) in [6.07, 6.45) is 2.45. The lowest BCUT2D eigenvalue weighted by atomic mass is 9.79. The van der Waals surface area contributed by atoms with Crippen LogP contribution in [0.25, 0.3) is 0 Å². The van der Waals surface area contributed by atoms with Crippen LogP contribution in [0, 0.1) is 5.92 Å². The van der Waals surface area contributed by atoms with Crippen molar-refractivity contribution in [2.75, 3.05) is 20.2 Å². The van der Waals surface area contributed by atoms with E-state index in [1.807, 2.05) is 6.07 Å². The third-order valence-electron chi connectivity index (χ3n) is 3.67. The number of hydrogen-bond donors (Lipinski definition) is 1. The lowest BCUT2D eigenvalue weighted by Crippen LogP contribution is -2.35. The molecule has 0 radical (unpaired) electrons. The van der Waals surface area contributed by atoms with E-state index in [-0.39, 0.29) is 0 Å². The maximum atomic E-state index is 5.47. The average molecular weight is 219 g/mol. The summed E-state index contributed by atoms with van der Waals surface area (Å²) in [6, 6.07) is 8.46. The van der Waals surface area contributed by atoms with Crippen molar-refractivity contribution in [3.8, 4) is 5.75 Å². The van der Waals surface area contributed by atoms with Gasteiger partial charge in [-0.05, 0) is 43.0 Å². The van der Waals surface area contributed by atoms with Crippen LogP contribution in [-0.2, 0) is 0 Å². The Hall–Kier alpha value is -1.02. The molecule has 0 spiro atoms. The fourth-order valence-corrected chi connectivity index (χ4v) is 2.73. The summed E-state index contributed by atoms with van der Waals surface area (Å²) < 4.78 is 5.47. The van der Waals surface area contributed by atoms with Crippen LogP contribution < -0.4 is 10.1 Å². The first kappa shape index (κ1) is 11.5. The summed E-state index contributed by atoms with van der Waals surface area (Å²) in [5, 5.41) is 3.48. The van der Waals surface area contributed by atoms with Crippen molar-refractivity contribution in [3.63, 3.8) is 0 Å². The van der Waals surface area contributed by atoms with Crippen molar-refractivity contribution in [1.82, 2.24) is 5.32 Å². The molecule has 1 heterocycles. The van der Waals surface area contributed by atoms with Crippen molar-refractivity contribution in [2.45, 2.75) is 25.7 Å². The Morgan fingerprint density at radius 1 is 1.38 bits per heavy atom. The Balaban J connectivity index is 2.26. The first-order chi connectivity index (χ1) is 7.86. The molecule has 1 aromatic rings. The van der Waals surface area contributed by atoms with Crippen molar-refractivity contribution in [2.24, 2.45) is 5.92 Å². The topological polar surface area (TPSA) is 21.3 Å². The van der Waals surface area contributed by atoms with Crippen LogP contribution in [-0.4, -0.2) is 20.2 Å². The van der Waals surface area contributed by atoms with Crippen molar-refractivity contribution in [3.05, 3.63) is 29.8 Å². The molecule has 0 aliphatic carbocycles. The minimum Gasteiger partial charge on any atom is -0.496 e. The summed E-state index contributed by atoms with van der Waals surface area (Å²) in [6.45, 7) is 4.54. The van der Waals surface area contributed by atoms with Gasteiger partial charge >= 0.3 is 0 Å². The molecule has 88 valence electrons. The number of ether oxygens (including phenoxy) is 1. The van der Waals surface area contributed by atoms with Gasteiger partial charge in [-0.15, -0.1) is 0 Å². The SMILES string of the molecule is CCC1CNCCC1c1ccccc1OC. The fourth-order valence-electron chi connectivity index (χ4n) is 2.73. The van der Waals surface area contributed by atoms with Crippen LogP contribution in [0.2, 0.25) is 0 Å². The Kier molecular flexibility index (Phi) is 3.83. The zero-order valence-electron chi connectivity index (χ0n) is 10.2. The molecule has 0 bridgehead atoms. The summed E-state index contributed by atoms with van der Waals surface area (Å²) in [5.41, 5.74) is 1.39. The smallest absolute Gasteiger partial charge is 0.122 e. The molecule has 2 heteroatoms. The Morgan fingerprint density at radius 3 is 2.94 bits per heavy atom. The fraction of sp³-hybridized carbons (Fsp3) is 0.571. The highest BCUT2D eigenvalue weighted by Crippen LogP contribution is 2.36. The number of benzene rings is 1. The largest absolute Gasteiger partial charge is 0.496 e. The highest BCUT2D eigenvalue weighted by molar-refractivity contribution is 5.37. The second-order valence-corrected chi connectivity index (χ2v) is 4.51. The van der Waals surface area contributed by atoms with Gasteiger partial charge in [0.25, 0.3) is 0 Å². The van der Waals surface area contributed by atoms with Crippen LogP contribution in [0.4, 0.5) is 0 Å². The highest BCUT2D eigenvalue weighted by atomic mass is 16.5. The molecule has 1 saturated heterocycles. The summed E-state index contributed by atoms with van der Waals surface area (Å²) in [7, 11) is 1.76. The van der Waals surface area contributed by atoms with Gasteiger partial charge in [0, 0.05) is 0 Å². The van der Waals surface area contributed by atoms with Gasteiger partial charge in [0.15, 0.2) is 0 Å². The number of rotatable bonds is 3. The standard InChI is InChI=1S/C14H21NO/c1-3-11-10-15-9-8-12(11)13-6-4-5-7-14(13)16-2/h4-7,11-12,15H,3,8-10H2,1-2H3. The number of piperidine rings is 1. The number of nitrogens with one attached hydrogen (secondary N) is 1. The molecule has 1 aliphatic heterocycles. The molecule has 1 N–H and O–H groups in total. The van der Waals surface area contributed by atoms with Gasteiger partial charge in [0.1, 0.15) is 5.75 Å². The second kappa shape index (κ2) is 5.35. The lowest BCUT2D eigenvalue weighted by Gasteiger charge is -2.32. The Labute approximate surface area is 98.0 Å². The Morgan fingerprint density at radius 2 is 2.19 bits per heavy atom. The van der Waals surface area contributed by atoms with E-state index in [0.29, 0.717) is 5.92 Å². The van der Waals surface area contributed by atoms with Gasteiger partial charge in [-0.2, -0.15) is 0 Å². The molecule has 0 aromatic heterocycles. The first-order valence-corrected chi connectivity index (χ1v) is 6.20. The van der Waals surface area contributed by atoms with E-state index in [4.69, 9.17) is 4.74 Å². The molecular formula is C14H21NO. The third-order valence-corrected chi connectivity index (χ3v) is 3.67. The second-order valence-electron chi connectivity index (χ2n) is 4.51. The third kappa shape index (κ3) is 2.22. The van der Waals surface area contributed by atoms with E-state index < -0.39 is 0 Å². The van der Waals surface area contributed by atoms with Gasteiger partial charge in [-0.1, -0.05) is 31.5 Å². The van der Waals surface area contributed by atoms with Gasteiger partial charge < -0.3 is 10.1 Å². The number of para-hydroxylation sites is 1. The molecule has 2 rings (SSSR count). The van der Waals surface area contributed by atoms with Crippen molar-refractivity contribution in [1.29, 1.82) is 0 Å². The highest BCUT2D eigenvalue weighted by Gasteiger charge is 2.26. The molecule has 2 unspecified atom stereocenters. The van der Waals surface area contributed by atoms with E-state index in [2.05, 4.69) is 30.4 Å². The van der Waals surface area contributed by atoms with E-state index in [1.54, 1.807) is 7.11 Å². The van der Waals surface area contributed by atoms with E-state index in [0.717, 1.165) is 24.8 Å². The molecule has 2 atom stereocenters. The van der Waals surface area contributed by atoms with Crippen molar-refractivity contribution < 1.29 is 4.74 Å². The molecule has 0 amide bonds. The van der Waals surface area contributed by atoms with Crippen LogP contribution in [0.3, 0.4) is 0 Å². The zero-order valence-corrected chi connectivity index (χ0v) is 10.2. The number of methoxy groups -OCH3 is 1. The molecule has 0 saturated carbocycles. The average Bonchev–Trinajstić information content (AvgIpc) is 2.38. The van der Waals surface area contributed by atoms with Crippen molar-refractivity contribution >= 4 is 0 Å². The van der Waals surface area contributed by atoms with Gasteiger partial charge in [0.2, 0.25) is 0 Å². The molecule has 2 nitrogen and oxygen atoms in total. The van der Waals surface area contributed by atoms with Crippen LogP contribution in [0.1, 0.15) is 31.2 Å². The first-order valence-electron chi connectivity index (χ1n) is 6.20. The molecule has 1 aliphatic rings. The van der Waals surface area contributed by atoms with E-state index >= 15 is 0 Å². The van der Waals surface area contributed by atoms with Gasteiger partial charge in [-0.25, -0.2) is 0 Å². The summed E-state index contributed by atoms with van der Waals surface area (Å²) >= 11 is 0. The monoisotopic (exact) mass is 219 g/mol. The predicted molar refractivity (Wildman–Crippen MR) is 67.0 cm³/mol. The quantitative estimate of drug-likeness (QED) is 0.844. The minimum absolute atomic E-state index is 0.655. The molecule has 1 aromatic carbocycles. The van der Waals surface area contributed by atoms with E-state index in [9.17, 15) is 0 Å².